The molecule has 0 saturated heterocycles. The smallest absolute Gasteiger partial charge is 0.449 e. The van der Waals surface area contributed by atoms with Crippen LogP contribution in [0.1, 0.15) is 5.56 Å². The number of benzene rings is 1. The minimum absolute atomic E-state index is 0.468. The van der Waals surface area contributed by atoms with E-state index in [4.69, 9.17) is 10.2 Å². The molecule has 1 aromatic carbocycles. The summed E-state index contributed by atoms with van der Waals surface area (Å²) in [7, 11) is 0. The minimum atomic E-state index is -1.67. The van der Waals surface area contributed by atoms with E-state index in [1.54, 1.807) is 0 Å². The molecule has 1 rings (SSSR count). The van der Waals surface area contributed by atoms with Crippen molar-refractivity contribution in [3.8, 4) is 5.75 Å². The van der Waals surface area contributed by atoms with E-state index in [0.717, 1.165) is 0 Å². The molecule has 0 aromatic heterocycles. The molecule has 0 unspecified atom stereocenters. The molecule has 0 bridgehead atoms. The van der Waals surface area contributed by atoms with Gasteiger partial charge in [0.2, 0.25) is 0 Å². The van der Waals surface area contributed by atoms with Crippen LogP contribution in [0.3, 0.4) is 0 Å². The Balaban J connectivity index is 3.07. The van der Waals surface area contributed by atoms with Crippen LogP contribution in [0.2, 0.25) is 0 Å². The summed E-state index contributed by atoms with van der Waals surface area (Å²) in [5, 5.41) is 16.7. The van der Waals surface area contributed by atoms with Gasteiger partial charge in [0.25, 0.3) is 0 Å². The van der Waals surface area contributed by atoms with Crippen LogP contribution in [-0.2, 0) is 6.61 Å². The van der Waals surface area contributed by atoms with Gasteiger partial charge in [-0.1, -0.05) is 0 Å². The Hall–Kier alpha value is -1.69. The van der Waals surface area contributed by atoms with Crippen molar-refractivity contribution in [2.75, 3.05) is 0 Å². The van der Waals surface area contributed by atoms with Crippen LogP contribution in [0.4, 0.5) is 13.6 Å². The summed E-state index contributed by atoms with van der Waals surface area (Å²) >= 11 is 0. The molecule has 0 aliphatic heterocycles. The van der Waals surface area contributed by atoms with Gasteiger partial charge in [0.05, 0.1) is 6.61 Å². The quantitative estimate of drug-likeness (QED) is 0.566. The van der Waals surface area contributed by atoms with E-state index in [9.17, 15) is 13.6 Å². The molecule has 0 aliphatic rings. The number of rotatable bonds is 2. The van der Waals surface area contributed by atoms with Gasteiger partial charge in [-0.05, 0) is 0 Å². The zero-order chi connectivity index (χ0) is 10.7. The summed E-state index contributed by atoms with van der Waals surface area (Å²) in [4.78, 5) is 10.0. The van der Waals surface area contributed by atoms with Crippen LogP contribution in [-0.4, -0.2) is 16.4 Å². The second kappa shape index (κ2) is 4.01. The Morgan fingerprint density at radius 3 is 2.21 bits per heavy atom. The highest BCUT2D eigenvalue weighted by molar-refractivity contribution is 5.61. The summed E-state index contributed by atoms with van der Waals surface area (Å²) in [6, 6.07) is 1.37. The van der Waals surface area contributed by atoms with Crippen molar-refractivity contribution < 1.29 is 28.5 Å². The van der Waals surface area contributed by atoms with E-state index in [2.05, 4.69) is 4.74 Å². The first-order valence-electron chi connectivity index (χ1n) is 3.54. The number of carboxylic acid groups (broad SMARTS) is 1. The Morgan fingerprint density at radius 2 is 1.86 bits per heavy atom. The van der Waals surface area contributed by atoms with Gasteiger partial charge in [-0.15, -0.1) is 0 Å². The Labute approximate surface area is 77.4 Å². The Bertz CT molecular complexity index is 341. The van der Waals surface area contributed by atoms with Crippen molar-refractivity contribution in [2.24, 2.45) is 0 Å². The Kier molecular flexibility index (Phi) is 2.98. The van der Waals surface area contributed by atoms with E-state index >= 15 is 0 Å². The lowest BCUT2D eigenvalue weighted by Crippen LogP contribution is -2.05. The normalized spacial score (nSPS) is 9.93. The van der Waals surface area contributed by atoms with Crippen LogP contribution >= 0.6 is 0 Å². The number of halogens is 2. The molecule has 0 heterocycles. The average molecular weight is 204 g/mol. The van der Waals surface area contributed by atoms with Gasteiger partial charge in [0.15, 0.2) is 0 Å². The molecule has 1 aromatic rings. The van der Waals surface area contributed by atoms with Crippen LogP contribution in [0.15, 0.2) is 12.1 Å². The first-order valence-corrected chi connectivity index (χ1v) is 3.54. The number of hydrogen-bond acceptors (Lipinski definition) is 3. The van der Waals surface area contributed by atoms with Gasteiger partial charge >= 0.3 is 6.16 Å². The Morgan fingerprint density at radius 1 is 1.36 bits per heavy atom. The van der Waals surface area contributed by atoms with Crippen molar-refractivity contribution in [1.82, 2.24) is 0 Å². The predicted octanol–water partition coefficient (Wildman–Crippen LogP) is 1.51. The summed E-state index contributed by atoms with van der Waals surface area (Å²) in [5.41, 5.74) is -0.525. The topological polar surface area (TPSA) is 66.8 Å². The maximum atomic E-state index is 12.9. The van der Waals surface area contributed by atoms with E-state index in [1.807, 2.05) is 0 Å². The van der Waals surface area contributed by atoms with Crippen LogP contribution in [0.25, 0.3) is 0 Å². The maximum absolute atomic E-state index is 12.9. The first kappa shape index (κ1) is 10.4. The zero-order valence-corrected chi connectivity index (χ0v) is 6.83. The third kappa shape index (κ3) is 2.17. The number of hydrogen-bond donors (Lipinski definition) is 2. The van der Waals surface area contributed by atoms with Gasteiger partial charge in [0.1, 0.15) is 17.4 Å². The number of aliphatic hydroxyl groups is 1. The van der Waals surface area contributed by atoms with E-state index in [-0.39, 0.29) is 0 Å². The van der Waals surface area contributed by atoms with Crippen molar-refractivity contribution in [1.29, 1.82) is 0 Å². The second-order valence-corrected chi connectivity index (χ2v) is 2.39. The number of carbonyl (C=O) groups is 1. The molecular formula is C8H6F2O4. The van der Waals surface area contributed by atoms with Crippen LogP contribution in [0, 0.1) is 11.6 Å². The summed E-state index contributed by atoms with van der Waals surface area (Å²) in [6.45, 7) is -0.801. The molecule has 0 saturated carbocycles. The van der Waals surface area contributed by atoms with Crippen molar-refractivity contribution in [2.45, 2.75) is 6.61 Å². The lowest BCUT2D eigenvalue weighted by molar-refractivity contribution is 0.144. The summed E-state index contributed by atoms with van der Waals surface area (Å²) in [6.07, 6.45) is -1.67. The summed E-state index contributed by atoms with van der Waals surface area (Å²) in [5.74, 6) is -2.57. The number of ether oxygens (including phenoxy) is 1. The average Bonchev–Trinajstić information content (AvgIpc) is 2.01. The van der Waals surface area contributed by atoms with Gasteiger partial charge < -0.3 is 14.9 Å². The number of aliphatic hydroxyl groups excluding tert-OH is 1. The molecule has 0 fully saturated rings. The van der Waals surface area contributed by atoms with Crippen LogP contribution < -0.4 is 4.74 Å². The van der Waals surface area contributed by atoms with E-state index < -0.39 is 35.7 Å². The fraction of sp³-hybridized carbons (Fsp3) is 0.125. The van der Waals surface area contributed by atoms with Crippen molar-refractivity contribution in [3.05, 3.63) is 29.3 Å². The largest absolute Gasteiger partial charge is 0.511 e. The van der Waals surface area contributed by atoms with Crippen molar-refractivity contribution in [3.63, 3.8) is 0 Å². The standard InChI is InChI=1S/C8H6F2O4/c9-6-1-4(14-8(12)13)2-7(10)5(6)3-11/h1-2,11H,3H2,(H,12,13). The molecule has 2 N–H and O–H groups in total. The SMILES string of the molecule is O=C(O)Oc1cc(F)c(CO)c(F)c1. The molecule has 14 heavy (non-hydrogen) atoms. The zero-order valence-electron chi connectivity index (χ0n) is 6.83. The molecule has 0 atom stereocenters. The second-order valence-electron chi connectivity index (χ2n) is 2.39. The molecular weight excluding hydrogens is 198 g/mol. The molecule has 6 heteroatoms. The highest BCUT2D eigenvalue weighted by Crippen LogP contribution is 2.20. The highest BCUT2D eigenvalue weighted by Gasteiger charge is 2.12. The third-order valence-corrected chi connectivity index (χ3v) is 1.48. The minimum Gasteiger partial charge on any atom is -0.449 e. The summed E-state index contributed by atoms with van der Waals surface area (Å²) < 4.78 is 29.8. The fourth-order valence-corrected chi connectivity index (χ4v) is 0.891. The highest BCUT2D eigenvalue weighted by atomic mass is 19.1. The lowest BCUT2D eigenvalue weighted by Gasteiger charge is -2.04. The predicted molar refractivity (Wildman–Crippen MR) is 40.9 cm³/mol. The van der Waals surface area contributed by atoms with Gasteiger partial charge in [-0.2, -0.15) is 0 Å². The van der Waals surface area contributed by atoms with Crippen molar-refractivity contribution >= 4 is 6.16 Å². The fourth-order valence-electron chi connectivity index (χ4n) is 0.891. The molecule has 4 nitrogen and oxygen atoms in total. The maximum Gasteiger partial charge on any atom is 0.511 e. The molecule has 76 valence electrons. The monoisotopic (exact) mass is 204 g/mol. The van der Waals surface area contributed by atoms with E-state index in [0.29, 0.717) is 12.1 Å². The first-order chi connectivity index (χ1) is 6.54. The van der Waals surface area contributed by atoms with E-state index in [1.165, 1.54) is 0 Å². The van der Waals surface area contributed by atoms with Gasteiger partial charge in [-0.25, -0.2) is 13.6 Å². The molecule has 0 amide bonds. The third-order valence-electron chi connectivity index (χ3n) is 1.48. The molecule has 0 spiro atoms. The van der Waals surface area contributed by atoms with Gasteiger partial charge in [0, 0.05) is 17.7 Å². The van der Waals surface area contributed by atoms with Gasteiger partial charge in [-0.3, -0.25) is 0 Å². The molecule has 0 radical (unpaired) electrons. The lowest BCUT2D eigenvalue weighted by atomic mass is 10.2. The molecule has 0 aliphatic carbocycles. The van der Waals surface area contributed by atoms with Crippen LogP contribution in [0.5, 0.6) is 5.75 Å².